The van der Waals surface area contributed by atoms with Gasteiger partial charge in [-0.1, -0.05) is 12.1 Å². The zero-order valence-corrected chi connectivity index (χ0v) is 6.40. The molecule has 0 heterocycles. The summed E-state index contributed by atoms with van der Waals surface area (Å²) < 4.78 is 0. The SMILES string of the molecule is NC(=O)/C=C\c1ccc(O)cc1. The minimum atomic E-state index is -0.483. The predicted molar refractivity (Wildman–Crippen MR) is 46.3 cm³/mol. The van der Waals surface area contributed by atoms with Crippen LogP contribution in [-0.4, -0.2) is 11.0 Å². The van der Waals surface area contributed by atoms with Gasteiger partial charge in [-0.05, 0) is 23.8 Å². The summed E-state index contributed by atoms with van der Waals surface area (Å²) in [6.07, 6.45) is 2.86. The zero-order chi connectivity index (χ0) is 8.97. The van der Waals surface area contributed by atoms with E-state index >= 15 is 0 Å². The molecule has 0 radical (unpaired) electrons. The highest BCUT2D eigenvalue weighted by Crippen LogP contribution is 2.10. The second kappa shape index (κ2) is 3.57. The first-order chi connectivity index (χ1) is 5.68. The molecule has 0 bridgehead atoms. The standard InChI is InChI=1S/C9H9NO2/c10-9(12)6-3-7-1-4-8(11)5-2-7/h1-6,11H,(H2,10,12)/b6-3-. The van der Waals surface area contributed by atoms with E-state index in [1.54, 1.807) is 30.3 Å². The Bertz CT molecular complexity index is 301. The number of amides is 1. The van der Waals surface area contributed by atoms with E-state index in [4.69, 9.17) is 10.8 Å². The van der Waals surface area contributed by atoms with E-state index < -0.39 is 5.91 Å². The van der Waals surface area contributed by atoms with Crippen LogP contribution in [0.5, 0.6) is 5.75 Å². The summed E-state index contributed by atoms with van der Waals surface area (Å²) in [7, 11) is 0. The number of aromatic hydroxyl groups is 1. The molecule has 0 fully saturated rings. The van der Waals surface area contributed by atoms with E-state index in [2.05, 4.69) is 0 Å². The van der Waals surface area contributed by atoms with Crippen LogP contribution in [-0.2, 0) is 4.79 Å². The van der Waals surface area contributed by atoms with Gasteiger partial charge in [0, 0.05) is 6.08 Å². The van der Waals surface area contributed by atoms with Crippen molar-refractivity contribution in [2.75, 3.05) is 0 Å². The summed E-state index contributed by atoms with van der Waals surface area (Å²) in [5.41, 5.74) is 5.72. The molecule has 0 aliphatic carbocycles. The van der Waals surface area contributed by atoms with Gasteiger partial charge in [-0.15, -0.1) is 0 Å². The number of primary amides is 1. The van der Waals surface area contributed by atoms with Crippen LogP contribution in [0, 0.1) is 0 Å². The molecule has 1 aromatic carbocycles. The van der Waals surface area contributed by atoms with Crippen LogP contribution in [0.1, 0.15) is 5.56 Å². The maximum Gasteiger partial charge on any atom is 0.241 e. The normalized spacial score (nSPS) is 10.3. The lowest BCUT2D eigenvalue weighted by Gasteiger charge is -1.92. The number of hydrogen-bond acceptors (Lipinski definition) is 2. The third-order valence-electron chi connectivity index (χ3n) is 1.33. The van der Waals surface area contributed by atoms with E-state index in [-0.39, 0.29) is 5.75 Å². The Morgan fingerprint density at radius 1 is 1.33 bits per heavy atom. The first kappa shape index (κ1) is 8.33. The van der Waals surface area contributed by atoms with Crippen LogP contribution >= 0.6 is 0 Å². The third-order valence-corrected chi connectivity index (χ3v) is 1.33. The molecule has 1 aromatic rings. The van der Waals surface area contributed by atoms with Gasteiger partial charge in [0.25, 0.3) is 0 Å². The minimum Gasteiger partial charge on any atom is -0.508 e. The summed E-state index contributed by atoms with van der Waals surface area (Å²) in [6.45, 7) is 0. The van der Waals surface area contributed by atoms with Gasteiger partial charge >= 0.3 is 0 Å². The Hall–Kier alpha value is -1.77. The lowest BCUT2D eigenvalue weighted by atomic mass is 10.2. The third kappa shape index (κ3) is 2.46. The van der Waals surface area contributed by atoms with Crippen molar-refractivity contribution in [3.05, 3.63) is 35.9 Å². The lowest BCUT2D eigenvalue weighted by Crippen LogP contribution is -2.04. The van der Waals surface area contributed by atoms with Crippen molar-refractivity contribution in [1.29, 1.82) is 0 Å². The highest BCUT2D eigenvalue weighted by molar-refractivity contribution is 5.90. The topological polar surface area (TPSA) is 63.3 Å². The molecule has 3 nitrogen and oxygen atoms in total. The molecule has 0 aromatic heterocycles. The number of rotatable bonds is 2. The van der Waals surface area contributed by atoms with Crippen LogP contribution in [0.3, 0.4) is 0 Å². The fourth-order valence-electron chi connectivity index (χ4n) is 0.764. The van der Waals surface area contributed by atoms with Crippen molar-refractivity contribution in [2.24, 2.45) is 5.73 Å². The second-order valence-electron chi connectivity index (χ2n) is 2.33. The van der Waals surface area contributed by atoms with Crippen molar-refractivity contribution in [2.45, 2.75) is 0 Å². The van der Waals surface area contributed by atoms with E-state index in [1.807, 2.05) is 0 Å². The molecular weight excluding hydrogens is 154 g/mol. The minimum absolute atomic E-state index is 0.200. The number of benzene rings is 1. The second-order valence-corrected chi connectivity index (χ2v) is 2.33. The number of phenols is 1. The van der Waals surface area contributed by atoms with Gasteiger partial charge in [0.1, 0.15) is 5.75 Å². The van der Waals surface area contributed by atoms with Crippen LogP contribution in [0.25, 0.3) is 6.08 Å². The number of phenolic OH excluding ortho intramolecular Hbond substituents is 1. The molecule has 62 valence electrons. The summed E-state index contributed by atoms with van der Waals surface area (Å²) in [5, 5.41) is 8.92. The molecule has 0 unspecified atom stereocenters. The molecule has 1 rings (SSSR count). The van der Waals surface area contributed by atoms with Crippen molar-refractivity contribution in [3.63, 3.8) is 0 Å². The van der Waals surface area contributed by atoms with Crippen molar-refractivity contribution in [1.82, 2.24) is 0 Å². The Kier molecular flexibility index (Phi) is 2.48. The number of hydrogen-bond donors (Lipinski definition) is 2. The van der Waals surface area contributed by atoms with Crippen LogP contribution in [0.4, 0.5) is 0 Å². The number of carbonyl (C=O) groups excluding carboxylic acids is 1. The van der Waals surface area contributed by atoms with Crippen LogP contribution in [0.2, 0.25) is 0 Å². The van der Waals surface area contributed by atoms with Gasteiger partial charge in [-0.25, -0.2) is 0 Å². The Labute approximate surface area is 70.1 Å². The van der Waals surface area contributed by atoms with Crippen LogP contribution in [0.15, 0.2) is 30.3 Å². The fraction of sp³-hybridized carbons (Fsp3) is 0. The van der Waals surface area contributed by atoms with E-state index in [9.17, 15) is 4.79 Å². The van der Waals surface area contributed by atoms with Crippen LogP contribution < -0.4 is 5.73 Å². The Morgan fingerprint density at radius 2 is 1.92 bits per heavy atom. The molecule has 0 saturated carbocycles. The first-order valence-electron chi connectivity index (χ1n) is 3.45. The van der Waals surface area contributed by atoms with Crippen molar-refractivity contribution in [3.8, 4) is 5.75 Å². The largest absolute Gasteiger partial charge is 0.508 e. The number of nitrogens with two attached hydrogens (primary N) is 1. The lowest BCUT2D eigenvalue weighted by molar-refractivity contribution is -0.113. The fourth-order valence-corrected chi connectivity index (χ4v) is 0.764. The van der Waals surface area contributed by atoms with Gasteiger partial charge < -0.3 is 10.8 Å². The van der Waals surface area contributed by atoms with Gasteiger partial charge in [0.05, 0.1) is 0 Å². The summed E-state index contributed by atoms with van der Waals surface area (Å²) in [4.78, 5) is 10.3. The highest BCUT2D eigenvalue weighted by Gasteiger charge is 1.88. The highest BCUT2D eigenvalue weighted by atomic mass is 16.3. The molecule has 0 saturated heterocycles. The summed E-state index contributed by atoms with van der Waals surface area (Å²) in [6, 6.07) is 6.46. The molecule has 3 N–H and O–H groups in total. The Morgan fingerprint density at radius 3 is 2.42 bits per heavy atom. The molecule has 3 heteroatoms. The van der Waals surface area contributed by atoms with Gasteiger partial charge in [-0.2, -0.15) is 0 Å². The predicted octanol–water partition coefficient (Wildman–Crippen LogP) is 0.891. The van der Waals surface area contributed by atoms with E-state index in [0.717, 1.165) is 5.56 Å². The quantitative estimate of drug-likeness (QED) is 0.636. The maximum absolute atomic E-state index is 10.3. The van der Waals surface area contributed by atoms with Gasteiger partial charge in [-0.3, -0.25) is 4.79 Å². The molecule has 1 amide bonds. The van der Waals surface area contributed by atoms with Crippen molar-refractivity contribution < 1.29 is 9.90 Å². The average molecular weight is 163 g/mol. The molecular formula is C9H9NO2. The average Bonchev–Trinajstić information content (AvgIpc) is 2.03. The zero-order valence-electron chi connectivity index (χ0n) is 6.40. The van der Waals surface area contributed by atoms with Gasteiger partial charge in [0.15, 0.2) is 0 Å². The maximum atomic E-state index is 10.3. The molecule has 12 heavy (non-hydrogen) atoms. The monoisotopic (exact) mass is 163 g/mol. The molecule has 0 aliphatic rings. The summed E-state index contributed by atoms with van der Waals surface area (Å²) >= 11 is 0. The Balaban J connectivity index is 2.77. The summed E-state index contributed by atoms with van der Waals surface area (Å²) in [5.74, 6) is -0.283. The molecule has 0 spiro atoms. The first-order valence-corrected chi connectivity index (χ1v) is 3.45. The van der Waals surface area contributed by atoms with E-state index in [0.29, 0.717) is 0 Å². The molecule has 0 aliphatic heterocycles. The van der Waals surface area contributed by atoms with Gasteiger partial charge in [0.2, 0.25) is 5.91 Å². The number of carbonyl (C=O) groups is 1. The van der Waals surface area contributed by atoms with Crippen molar-refractivity contribution >= 4 is 12.0 Å². The molecule has 0 atom stereocenters. The smallest absolute Gasteiger partial charge is 0.241 e. The van der Waals surface area contributed by atoms with E-state index in [1.165, 1.54) is 6.08 Å².